The summed E-state index contributed by atoms with van der Waals surface area (Å²) in [5, 5.41) is 0. The van der Waals surface area contributed by atoms with Crippen molar-refractivity contribution < 1.29 is 4.79 Å². The number of hydrogen-bond acceptors (Lipinski definition) is 2. The molecule has 24 heavy (non-hydrogen) atoms. The van der Waals surface area contributed by atoms with Crippen LogP contribution in [0.15, 0.2) is 54.6 Å². The summed E-state index contributed by atoms with van der Waals surface area (Å²) in [6.45, 7) is 3.24. The maximum atomic E-state index is 12.6. The molecule has 0 fully saturated rings. The van der Waals surface area contributed by atoms with Gasteiger partial charge in [-0.2, -0.15) is 0 Å². The van der Waals surface area contributed by atoms with Crippen molar-refractivity contribution >= 4 is 16.9 Å². The van der Waals surface area contributed by atoms with E-state index in [9.17, 15) is 4.79 Å². The summed E-state index contributed by atoms with van der Waals surface area (Å²) >= 11 is 0. The number of hydrogen-bond donors (Lipinski definition) is 0. The first kappa shape index (κ1) is 16.2. The minimum absolute atomic E-state index is 0.115. The fourth-order valence-electron chi connectivity index (χ4n) is 2.82. The molecule has 0 saturated carbocycles. The topological polar surface area (TPSA) is 38.1 Å². The SMILES string of the molecule is CCCCN(C)C(=O)Cn1c(-c2ccccc2)nc2ccccc21. The van der Waals surface area contributed by atoms with Gasteiger partial charge in [0, 0.05) is 19.2 Å². The fraction of sp³-hybridized carbons (Fsp3) is 0.300. The largest absolute Gasteiger partial charge is 0.344 e. The molecule has 0 saturated heterocycles. The number of carbonyl (C=O) groups excluding carboxylic acids is 1. The minimum Gasteiger partial charge on any atom is -0.344 e. The summed E-state index contributed by atoms with van der Waals surface area (Å²) in [6.07, 6.45) is 2.11. The Labute approximate surface area is 142 Å². The zero-order valence-corrected chi connectivity index (χ0v) is 14.3. The van der Waals surface area contributed by atoms with Crippen LogP contribution in [0.3, 0.4) is 0 Å². The molecule has 3 aromatic rings. The Kier molecular flexibility index (Phi) is 4.94. The Hall–Kier alpha value is -2.62. The van der Waals surface area contributed by atoms with Crippen molar-refractivity contribution in [1.29, 1.82) is 0 Å². The van der Waals surface area contributed by atoms with Gasteiger partial charge in [-0.3, -0.25) is 4.79 Å². The predicted molar refractivity (Wildman–Crippen MR) is 97.7 cm³/mol. The number of amides is 1. The number of carbonyl (C=O) groups is 1. The van der Waals surface area contributed by atoms with Crippen LogP contribution in [0.1, 0.15) is 19.8 Å². The van der Waals surface area contributed by atoms with Gasteiger partial charge in [-0.25, -0.2) is 4.98 Å². The molecule has 0 radical (unpaired) electrons. The van der Waals surface area contributed by atoms with Crippen LogP contribution >= 0.6 is 0 Å². The van der Waals surface area contributed by atoms with Crippen LogP contribution < -0.4 is 0 Å². The molecule has 0 spiro atoms. The van der Waals surface area contributed by atoms with Crippen LogP contribution in [0.4, 0.5) is 0 Å². The molecule has 0 aliphatic rings. The van der Waals surface area contributed by atoms with E-state index in [-0.39, 0.29) is 5.91 Å². The van der Waals surface area contributed by atoms with E-state index in [0.717, 1.165) is 41.8 Å². The summed E-state index contributed by atoms with van der Waals surface area (Å²) in [4.78, 5) is 19.2. The van der Waals surface area contributed by atoms with Crippen molar-refractivity contribution in [1.82, 2.24) is 14.5 Å². The first-order valence-corrected chi connectivity index (χ1v) is 8.45. The fourth-order valence-corrected chi connectivity index (χ4v) is 2.82. The summed E-state index contributed by atoms with van der Waals surface area (Å²) in [6, 6.07) is 18.0. The van der Waals surface area contributed by atoms with Crippen molar-refractivity contribution in [3.63, 3.8) is 0 Å². The number of rotatable bonds is 6. The van der Waals surface area contributed by atoms with Crippen LogP contribution in [0, 0.1) is 0 Å². The average molecular weight is 321 g/mol. The highest BCUT2D eigenvalue weighted by atomic mass is 16.2. The van der Waals surface area contributed by atoms with Crippen molar-refractivity contribution in [3.05, 3.63) is 54.6 Å². The molecule has 1 heterocycles. The molecule has 2 aromatic carbocycles. The van der Waals surface area contributed by atoms with E-state index < -0.39 is 0 Å². The van der Waals surface area contributed by atoms with Crippen LogP contribution in [0.25, 0.3) is 22.4 Å². The number of benzene rings is 2. The third-order valence-corrected chi connectivity index (χ3v) is 4.25. The number of unbranched alkanes of at least 4 members (excludes halogenated alkanes) is 1. The zero-order valence-electron chi connectivity index (χ0n) is 14.3. The van der Waals surface area contributed by atoms with Crippen molar-refractivity contribution in [2.45, 2.75) is 26.3 Å². The molecule has 4 nitrogen and oxygen atoms in total. The van der Waals surface area contributed by atoms with Gasteiger partial charge in [0.25, 0.3) is 0 Å². The molecular weight excluding hydrogens is 298 g/mol. The molecule has 3 rings (SSSR count). The Morgan fingerprint density at radius 2 is 1.79 bits per heavy atom. The average Bonchev–Trinajstić information content (AvgIpc) is 2.99. The van der Waals surface area contributed by atoms with E-state index in [2.05, 4.69) is 6.92 Å². The zero-order chi connectivity index (χ0) is 16.9. The smallest absolute Gasteiger partial charge is 0.242 e. The molecule has 0 unspecified atom stereocenters. The number of para-hydroxylation sites is 2. The van der Waals surface area contributed by atoms with Crippen LogP contribution in [-0.2, 0) is 11.3 Å². The third-order valence-electron chi connectivity index (χ3n) is 4.25. The molecule has 124 valence electrons. The monoisotopic (exact) mass is 321 g/mol. The van der Waals surface area contributed by atoms with Crippen LogP contribution in [-0.4, -0.2) is 34.0 Å². The third kappa shape index (κ3) is 3.32. The molecular formula is C20H23N3O. The Bertz CT molecular complexity index is 823. The molecule has 4 heteroatoms. The first-order chi connectivity index (χ1) is 11.7. The van der Waals surface area contributed by atoms with Crippen molar-refractivity contribution in [2.75, 3.05) is 13.6 Å². The summed E-state index contributed by atoms with van der Waals surface area (Å²) in [7, 11) is 1.87. The van der Waals surface area contributed by atoms with Gasteiger partial charge < -0.3 is 9.47 Å². The van der Waals surface area contributed by atoms with Crippen LogP contribution in [0.2, 0.25) is 0 Å². The standard InChI is InChI=1S/C20H23N3O/c1-3-4-14-22(2)19(24)15-23-18-13-9-8-12-17(18)21-20(23)16-10-6-5-7-11-16/h5-13H,3-4,14-15H2,1-2H3. The molecule has 1 aromatic heterocycles. The van der Waals surface area contributed by atoms with E-state index in [1.165, 1.54) is 0 Å². The predicted octanol–water partition coefficient (Wildman–Crippen LogP) is 3.96. The quantitative estimate of drug-likeness (QED) is 0.689. The second-order valence-electron chi connectivity index (χ2n) is 6.05. The number of fused-ring (bicyclic) bond motifs is 1. The summed E-state index contributed by atoms with van der Waals surface area (Å²) < 4.78 is 2.02. The number of imidazole rings is 1. The van der Waals surface area contributed by atoms with E-state index in [1.54, 1.807) is 0 Å². The molecule has 0 atom stereocenters. The van der Waals surface area contributed by atoms with Gasteiger partial charge >= 0.3 is 0 Å². The van der Waals surface area contributed by atoms with Crippen molar-refractivity contribution in [2.24, 2.45) is 0 Å². The molecule has 1 amide bonds. The van der Waals surface area contributed by atoms with Gasteiger partial charge in [0.1, 0.15) is 12.4 Å². The Morgan fingerprint density at radius 1 is 1.08 bits per heavy atom. The van der Waals surface area contributed by atoms with E-state index >= 15 is 0 Å². The highest BCUT2D eigenvalue weighted by Crippen LogP contribution is 2.24. The Balaban J connectivity index is 1.98. The normalized spacial score (nSPS) is 10.9. The lowest BCUT2D eigenvalue weighted by Crippen LogP contribution is -2.31. The first-order valence-electron chi connectivity index (χ1n) is 8.45. The number of nitrogens with zero attached hydrogens (tertiary/aromatic N) is 3. The van der Waals surface area contributed by atoms with Gasteiger partial charge in [0.05, 0.1) is 11.0 Å². The molecule has 0 aliphatic carbocycles. The highest BCUT2D eigenvalue weighted by molar-refractivity contribution is 5.84. The maximum Gasteiger partial charge on any atom is 0.242 e. The van der Waals surface area contributed by atoms with E-state index in [4.69, 9.17) is 4.98 Å². The molecule has 0 bridgehead atoms. The van der Waals surface area contributed by atoms with E-state index in [0.29, 0.717) is 6.54 Å². The summed E-state index contributed by atoms with van der Waals surface area (Å²) in [5.74, 6) is 0.956. The maximum absolute atomic E-state index is 12.6. The van der Waals surface area contributed by atoms with Gasteiger partial charge in [0.2, 0.25) is 5.91 Å². The second kappa shape index (κ2) is 7.30. The number of aromatic nitrogens is 2. The minimum atomic E-state index is 0.115. The number of likely N-dealkylation sites (N-methyl/N-ethyl adjacent to an activating group) is 1. The molecule has 0 aliphatic heterocycles. The van der Waals surface area contributed by atoms with Crippen LogP contribution in [0.5, 0.6) is 0 Å². The van der Waals surface area contributed by atoms with Gasteiger partial charge in [-0.05, 0) is 18.6 Å². The van der Waals surface area contributed by atoms with Gasteiger partial charge in [0.15, 0.2) is 0 Å². The highest BCUT2D eigenvalue weighted by Gasteiger charge is 2.16. The van der Waals surface area contributed by atoms with Crippen molar-refractivity contribution in [3.8, 4) is 11.4 Å². The molecule has 0 N–H and O–H groups in total. The van der Waals surface area contributed by atoms with Gasteiger partial charge in [-0.15, -0.1) is 0 Å². The van der Waals surface area contributed by atoms with E-state index in [1.807, 2.05) is 71.1 Å². The summed E-state index contributed by atoms with van der Waals surface area (Å²) in [5.41, 5.74) is 2.94. The lowest BCUT2D eigenvalue weighted by Gasteiger charge is -2.18. The second-order valence-corrected chi connectivity index (χ2v) is 6.05. The lowest BCUT2D eigenvalue weighted by molar-refractivity contribution is -0.130. The lowest BCUT2D eigenvalue weighted by atomic mass is 10.2. The Morgan fingerprint density at radius 3 is 2.54 bits per heavy atom. The van der Waals surface area contributed by atoms with Gasteiger partial charge in [-0.1, -0.05) is 55.8 Å².